The topological polar surface area (TPSA) is 70.2 Å². The van der Waals surface area contributed by atoms with Gasteiger partial charge in [-0.2, -0.15) is 5.10 Å². The number of carbonyl (C=O) groups excluding carboxylic acids is 1. The van der Waals surface area contributed by atoms with E-state index in [1.54, 1.807) is 0 Å². The monoisotopic (exact) mass is 380 g/mol. The zero-order valence-corrected chi connectivity index (χ0v) is 16.2. The Morgan fingerprint density at radius 2 is 2.14 bits per heavy atom. The van der Waals surface area contributed by atoms with Crippen LogP contribution in [0, 0.1) is 5.92 Å². The minimum Gasteiger partial charge on any atom is -0.493 e. The third-order valence-electron chi connectivity index (χ3n) is 6.56. The van der Waals surface area contributed by atoms with Crippen LogP contribution >= 0.6 is 0 Å². The quantitative estimate of drug-likeness (QED) is 0.855. The molecular formula is C22H28N4O2. The van der Waals surface area contributed by atoms with Crippen molar-refractivity contribution in [2.75, 3.05) is 26.2 Å². The normalized spacial score (nSPS) is 24.3. The number of hydrogen-bond acceptors (Lipinski definition) is 4. The van der Waals surface area contributed by atoms with Gasteiger partial charge in [0.1, 0.15) is 11.4 Å². The van der Waals surface area contributed by atoms with Gasteiger partial charge in [0, 0.05) is 24.6 Å². The Morgan fingerprint density at radius 3 is 3.11 bits per heavy atom. The molecule has 0 radical (unpaired) electrons. The van der Waals surface area contributed by atoms with E-state index in [1.807, 2.05) is 18.2 Å². The fraction of sp³-hybridized carbons (Fsp3) is 0.545. The van der Waals surface area contributed by atoms with E-state index in [1.165, 1.54) is 50.8 Å². The number of amides is 1. The lowest BCUT2D eigenvalue weighted by atomic mass is 9.83. The van der Waals surface area contributed by atoms with Crippen molar-refractivity contribution < 1.29 is 9.53 Å². The highest BCUT2D eigenvalue weighted by Crippen LogP contribution is 2.31. The van der Waals surface area contributed by atoms with Crippen LogP contribution in [0.3, 0.4) is 0 Å². The lowest BCUT2D eigenvalue weighted by Gasteiger charge is -2.44. The molecule has 0 unspecified atom stereocenters. The molecule has 0 aliphatic carbocycles. The largest absolute Gasteiger partial charge is 0.493 e. The van der Waals surface area contributed by atoms with Gasteiger partial charge in [0.25, 0.3) is 5.91 Å². The Bertz CT molecular complexity index is 860. The van der Waals surface area contributed by atoms with Crippen LogP contribution in [0.2, 0.25) is 0 Å². The molecule has 6 nitrogen and oxygen atoms in total. The number of benzene rings is 1. The first-order valence-corrected chi connectivity index (χ1v) is 10.6. The van der Waals surface area contributed by atoms with Crippen LogP contribution in [0.1, 0.15) is 48.2 Å². The van der Waals surface area contributed by atoms with Gasteiger partial charge in [0.05, 0.1) is 12.3 Å². The van der Waals surface area contributed by atoms with Crippen LogP contribution in [-0.2, 0) is 6.42 Å². The number of H-pyrrole nitrogens is 1. The van der Waals surface area contributed by atoms with Crippen molar-refractivity contribution in [1.29, 1.82) is 0 Å². The third-order valence-corrected chi connectivity index (χ3v) is 6.56. The molecule has 1 aromatic carbocycles. The van der Waals surface area contributed by atoms with Crippen LogP contribution in [0.15, 0.2) is 24.3 Å². The van der Waals surface area contributed by atoms with Crippen molar-refractivity contribution in [1.82, 2.24) is 20.4 Å². The number of nitrogens with zero attached hydrogens (tertiary/aromatic N) is 2. The Hall–Kier alpha value is -2.34. The molecule has 3 aliphatic heterocycles. The summed E-state index contributed by atoms with van der Waals surface area (Å²) in [5.41, 5.74) is 3.56. The number of piperidine rings is 2. The summed E-state index contributed by atoms with van der Waals surface area (Å²) in [5.74, 6) is 1.47. The van der Waals surface area contributed by atoms with Gasteiger partial charge in [-0.05, 0) is 74.5 Å². The number of carbonyl (C=O) groups is 1. The highest BCUT2D eigenvalue weighted by atomic mass is 16.5. The first kappa shape index (κ1) is 17.7. The SMILES string of the molecule is O=C(NC[C@@H]1CCCN2CCCC[C@H]12)c1cc(-c2ccc3c(c2)CCO3)n[nH]1. The molecule has 2 aromatic rings. The first-order valence-electron chi connectivity index (χ1n) is 10.6. The van der Waals surface area contributed by atoms with Gasteiger partial charge in [-0.3, -0.25) is 9.89 Å². The zero-order valence-electron chi connectivity index (χ0n) is 16.2. The fourth-order valence-corrected chi connectivity index (χ4v) is 5.07. The van der Waals surface area contributed by atoms with E-state index in [-0.39, 0.29) is 5.91 Å². The van der Waals surface area contributed by atoms with E-state index in [0.717, 1.165) is 36.6 Å². The maximum absolute atomic E-state index is 12.7. The molecule has 2 atom stereocenters. The Balaban J connectivity index is 1.23. The number of fused-ring (bicyclic) bond motifs is 2. The Morgan fingerprint density at radius 1 is 1.21 bits per heavy atom. The molecule has 5 rings (SSSR count). The van der Waals surface area contributed by atoms with Crippen molar-refractivity contribution in [3.05, 3.63) is 35.5 Å². The maximum Gasteiger partial charge on any atom is 0.269 e. The molecule has 2 saturated heterocycles. The zero-order chi connectivity index (χ0) is 18.9. The highest BCUT2D eigenvalue weighted by Gasteiger charge is 2.33. The van der Waals surface area contributed by atoms with Crippen molar-refractivity contribution >= 4 is 5.91 Å². The summed E-state index contributed by atoms with van der Waals surface area (Å²) in [6, 6.07) is 8.60. The summed E-state index contributed by atoms with van der Waals surface area (Å²) in [6.07, 6.45) is 7.31. The molecule has 148 valence electrons. The summed E-state index contributed by atoms with van der Waals surface area (Å²) in [7, 11) is 0. The molecule has 0 saturated carbocycles. The molecule has 4 heterocycles. The van der Waals surface area contributed by atoms with Crippen molar-refractivity contribution in [2.24, 2.45) is 5.92 Å². The van der Waals surface area contributed by atoms with E-state index in [0.29, 0.717) is 17.7 Å². The number of ether oxygens (including phenoxy) is 1. The fourth-order valence-electron chi connectivity index (χ4n) is 5.07. The molecule has 2 fully saturated rings. The predicted octanol–water partition coefficient (Wildman–Crippen LogP) is 3.01. The van der Waals surface area contributed by atoms with E-state index in [4.69, 9.17) is 4.74 Å². The molecule has 1 aromatic heterocycles. The standard InChI is InChI=1S/C22H28N4O2/c27-22(23-14-17-4-3-10-26-9-2-1-5-20(17)26)19-13-18(24-25-19)15-6-7-21-16(12-15)8-11-28-21/h6-7,12-13,17,20H,1-5,8-11,14H2,(H,23,27)(H,24,25)/t17-,20+/m0/s1. The number of hydrogen-bond donors (Lipinski definition) is 2. The number of aromatic nitrogens is 2. The summed E-state index contributed by atoms with van der Waals surface area (Å²) in [4.78, 5) is 15.3. The van der Waals surface area contributed by atoms with Crippen LogP contribution in [-0.4, -0.2) is 53.3 Å². The summed E-state index contributed by atoms with van der Waals surface area (Å²) >= 11 is 0. The average molecular weight is 380 g/mol. The van der Waals surface area contributed by atoms with Gasteiger partial charge in [0.15, 0.2) is 0 Å². The van der Waals surface area contributed by atoms with E-state index in [2.05, 4.69) is 26.5 Å². The summed E-state index contributed by atoms with van der Waals surface area (Å²) in [6.45, 7) is 3.95. The van der Waals surface area contributed by atoms with Gasteiger partial charge in [-0.25, -0.2) is 0 Å². The van der Waals surface area contributed by atoms with E-state index < -0.39 is 0 Å². The maximum atomic E-state index is 12.7. The van der Waals surface area contributed by atoms with Gasteiger partial charge in [-0.1, -0.05) is 6.42 Å². The number of aromatic amines is 1. The predicted molar refractivity (Wildman–Crippen MR) is 107 cm³/mol. The minimum atomic E-state index is -0.0591. The average Bonchev–Trinajstić information content (AvgIpc) is 3.41. The number of rotatable bonds is 4. The summed E-state index contributed by atoms with van der Waals surface area (Å²) in [5, 5.41) is 10.4. The van der Waals surface area contributed by atoms with Gasteiger partial charge in [0.2, 0.25) is 0 Å². The second-order valence-electron chi connectivity index (χ2n) is 8.30. The molecule has 2 N–H and O–H groups in total. The van der Waals surface area contributed by atoms with Crippen LogP contribution in [0.25, 0.3) is 11.3 Å². The second kappa shape index (κ2) is 7.59. The molecule has 6 heteroatoms. The van der Waals surface area contributed by atoms with E-state index >= 15 is 0 Å². The van der Waals surface area contributed by atoms with Crippen LogP contribution in [0.5, 0.6) is 5.75 Å². The summed E-state index contributed by atoms with van der Waals surface area (Å²) < 4.78 is 5.56. The van der Waals surface area contributed by atoms with Crippen molar-refractivity contribution in [3.63, 3.8) is 0 Å². The van der Waals surface area contributed by atoms with Gasteiger partial charge in [-0.15, -0.1) is 0 Å². The highest BCUT2D eigenvalue weighted by molar-refractivity contribution is 5.93. The van der Waals surface area contributed by atoms with Crippen LogP contribution < -0.4 is 10.1 Å². The Kier molecular flexibility index (Phi) is 4.81. The van der Waals surface area contributed by atoms with Crippen LogP contribution in [0.4, 0.5) is 0 Å². The van der Waals surface area contributed by atoms with Gasteiger partial charge < -0.3 is 15.0 Å². The number of nitrogens with one attached hydrogen (secondary N) is 2. The van der Waals surface area contributed by atoms with Crippen molar-refractivity contribution in [3.8, 4) is 17.0 Å². The lowest BCUT2D eigenvalue weighted by molar-refractivity contribution is 0.0575. The molecule has 0 spiro atoms. The third kappa shape index (κ3) is 3.41. The molecule has 28 heavy (non-hydrogen) atoms. The molecular weight excluding hydrogens is 352 g/mol. The van der Waals surface area contributed by atoms with Crippen molar-refractivity contribution in [2.45, 2.75) is 44.6 Å². The minimum absolute atomic E-state index is 0.0591. The first-order chi connectivity index (χ1) is 13.8. The smallest absolute Gasteiger partial charge is 0.269 e. The Labute approximate surface area is 165 Å². The molecule has 0 bridgehead atoms. The molecule has 1 amide bonds. The molecule has 3 aliphatic rings. The van der Waals surface area contributed by atoms with Gasteiger partial charge >= 0.3 is 0 Å². The lowest BCUT2D eigenvalue weighted by Crippen LogP contribution is -2.51. The van der Waals surface area contributed by atoms with E-state index in [9.17, 15) is 4.79 Å². The second-order valence-corrected chi connectivity index (χ2v) is 8.30.